The third-order valence-corrected chi connectivity index (χ3v) is 6.95. The Morgan fingerprint density at radius 3 is 2.39 bits per heavy atom. The maximum absolute atomic E-state index is 3.72. The van der Waals surface area contributed by atoms with Crippen LogP contribution in [0.5, 0.6) is 0 Å². The van der Waals surface area contributed by atoms with Crippen LogP contribution >= 0.6 is 0 Å². The van der Waals surface area contributed by atoms with Crippen molar-refractivity contribution in [2.45, 2.75) is 142 Å². The van der Waals surface area contributed by atoms with Crippen molar-refractivity contribution < 1.29 is 0 Å². The average Bonchev–Trinajstić information content (AvgIpc) is 2.72. The van der Waals surface area contributed by atoms with Gasteiger partial charge in [-0.3, -0.25) is 0 Å². The molecule has 1 saturated carbocycles. The van der Waals surface area contributed by atoms with Gasteiger partial charge in [0, 0.05) is 12.1 Å². The summed E-state index contributed by atoms with van der Waals surface area (Å²) in [5.41, 5.74) is 1.78. The van der Waals surface area contributed by atoms with E-state index in [-0.39, 0.29) is 0 Å². The highest BCUT2D eigenvalue weighted by Gasteiger charge is 2.35. The zero-order valence-electron chi connectivity index (χ0n) is 19.4. The Hall–Kier alpha value is -0.720. The average molecular weight is 387 g/mol. The molecule has 0 spiro atoms. The Bertz CT molecular complexity index is 449. The molecule has 2 aliphatic rings. The zero-order valence-corrected chi connectivity index (χ0v) is 19.4. The summed E-state index contributed by atoms with van der Waals surface area (Å²) in [7, 11) is 0. The minimum atomic E-state index is 0.659. The summed E-state index contributed by atoms with van der Waals surface area (Å²) in [6.07, 6.45) is 31.9. The van der Waals surface area contributed by atoms with Crippen molar-refractivity contribution in [3.05, 3.63) is 23.9 Å². The monoisotopic (exact) mass is 386 g/mol. The maximum atomic E-state index is 3.72. The first-order chi connectivity index (χ1) is 13.8. The molecule has 0 aromatic heterocycles. The highest BCUT2D eigenvalue weighted by molar-refractivity contribution is 5.21. The van der Waals surface area contributed by atoms with Crippen LogP contribution in [0.25, 0.3) is 0 Å². The lowest BCUT2D eigenvalue weighted by atomic mass is 9.76. The van der Waals surface area contributed by atoms with Crippen LogP contribution in [-0.2, 0) is 0 Å². The van der Waals surface area contributed by atoms with Crippen molar-refractivity contribution in [3.8, 4) is 0 Å². The third-order valence-electron chi connectivity index (χ3n) is 6.95. The maximum Gasteiger partial charge on any atom is 0.0468 e. The Balaban J connectivity index is 2.11. The van der Waals surface area contributed by atoms with Crippen LogP contribution in [0.1, 0.15) is 130 Å². The first-order valence-electron chi connectivity index (χ1n) is 12.9. The largest absolute Gasteiger partial charge is 0.480 e. The van der Waals surface area contributed by atoms with E-state index < -0.39 is 0 Å². The topological polar surface area (TPSA) is 3.24 Å². The first-order valence-corrected chi connectivity index (χ1v) is 12.9. The number of hydrogen-bond acceptors (Lipinski definition) is 1. The highest BCUT2D eigenvalue weighted by Crippen LogP contribution is 2.40. The number of unbranched alkanes of at least 4 members (excludes halogenated alkanes) is 8. The Morgan fingerprint density at radius 2 is 1.61 bits per heavy atom. The SMILES string of the molecule is CCCCC[C-]=CN1C(CCCCCC)C(CCCCC)=CC2CCCCC21. The van der Waals surface area contributed by atoms with Crippen molar-refractivity contribution >= 4 is 0 Å². The molecule has 1 fully saturated rings. The van der Waals surface area contributed by atoms with Crippen molar-refractivity contribution in [1.29, 1.82) is 0 Å². The second-order valence-corrected chi connectivity index (χ2v) is 9.32. The van der Waals surface area contributed by atoms with Crippen molar-refractivity contribution in [3.63, 3.8) is 0 Å². The van der Waals surface area contributed by atoms with E-state index in [2.05, 4.69) is 44.0 Å². The minimum absolute atomic E-state index is 0.659. The summed E-state index contributed by atoms with van der Waals surface area (Å²) in [5.74, 6) is 0.797. The molecule has 28 heavy (non-hydrogen) atoms. The molecule has 0 aromatic carbocycles. The molecule has 1 heterocycles. The zero-order chi connectivity index (χ0) is 20.0. The fourth-order valence-corrected chi connectivity index (χ4v) is 5.27. The van der Waals surface area contributed by atoms with Gasteiger partial charge >= 0.3 is 0 Å². The fraction of sp³-hybridized carbons (Fsp3) is 0.852. The van der Waals surface area contributed by atoms with Gasteiger partial charge in [-0.15, -0.1) is 0 Å². The molecule has 1 heteroatoms. The van der Waals surface area contributed by atoms with Gasteiger partial charge < -0.3 is 11.0 Å². The van der Waals surface area contributed by atoms with Gasteiger partial charge in [-0.1, -0.05) is 103 Å². The van der Waals surface area contributed by atoms with E-state index in [0.29, 0.717) is 6.04 Å². The van der Waals surface area contributed by atoms with Crippen LogP contribution in [0.15, 0.2) is 17.8 Å². The molecule has 0 radical (unpaired) electrons. The summed E-state index contributed by atoms with van der Waals surface area (Å²) >= 11 is 0. The molecule has 0 aromatic rings. The standard InChI is InChI=1S/C27H48N/c1-4-7-10-12-17-22-28-26(20-14-11-8-5-2)24(18-13-9-6-3)23-25-19-15-16-21-27(25)28/h22-23,25-27H,4-16,18-21H2,1-3H3/q-1. The van der Waals surface area contributed by atoms with Gasteiger partial charge in [0.05, 0.1) is 0 Å². The van der Waals surface area contributed by atoms with Crippen LogP contribution in [0, 0.1) is 12.0 Å². The van der Waals surface area contributed by atoms with Gasteiger partial charge in [0.2, 0.25) is 0 Å². The predicted octanol–water partition coefficient (Wildman–Crippen LogP) is 8.60. The summed E-state index contributed by atoms with van der Waals surface area (Å²) in [5, 5.41) is 0. The van der Waals surface area contributed by atoms with Crippen LogP contribution in [0.3, 0.4) is 0 Å². The quantitative estimate of drug-likeness (QED) is 0.164. The molecule has 3 atom stereocenters. The van der Waals surface area contributed by atoms with Crippen molar-refractivity contribution in [2.75, 3.05) is 0 Å². The second-order valence-electron chi connectivity index (χ2n) is 9.32. The lowest BCUT2D eigenvalue weighted by Gasteiger charge is -2.50. The smallest absolute Gasteiger partial charge is 0.0468 e. The van der Waals surface area contributed by atoms with E-state index in [9.17, 15) is 0 Å². The Labute approximate surface area is 177 Å². The molecule has 0 bridgehead atoms. The first kappa shape index (κ1) is 23.6. The van der Waals surface area contributed by atoms with Gasteiger partial charge in [-0.05, 0) is 38.0 Å². The Kier molecular flexibility index (Phi) is 12.0. The lowest BCUT2D eigenvalue weighted by Crippen LogP contribution is -2.49. The fourth-order valence-electron chi connectivity index (χ4n) is 5.27. The summed E-state index contributed by atoms with van der Waals surface area (Å²) in [6, 6.07) is 1.41. The van der Waals surface area contributed by atoms with E-state index in [4.69, 9.17) is 0 Å². The molecule has 0 saturated heterocycles. The Morgan fingerprint density at radius 1 is 0.893 bits per heavy atom. The summed E-state index contributed by atoms with van der Waals surface area (Å²) in [6.45, 7) is 6.94. The molecule has 1 aliphatic carbocycles. The van der Waals surface area contributed by atoms with E-state index in [1.54, 1.807) is 5.57 Å². The van der Waals surface area contributed by atoms with E-state index >= 15 is 0 Å². The molecular weight excluding hydrogens is 338 g/mol. The molecule has 3 unspecified atom stereocenters. The van der Waals surface area contributed by atoms with E-state index in [0.717, 1.165) is 18.4 Å². The number of hydrogen-bond donors (Lipinski definition) is 0. The van der Waals surface area contributed by atoms with Crippen LogP contribution in [-0.4, -0.2) is 17.0 Å². The highest BCUT2D eigenvalue weighted by atomic mass is 15.2. The molecule has 162 valence electrons. The molecule has 0 amide bonds. The van der Waals surface area contributed by atoms with Crippen LogP contribution in [0.4, 0.5) is 0 Å². The van der Waals surface area contributed by atoms with Gasteiger partial charge in [0.25, 0.3) is 0 Å². The molecule has 1 aliphatic heterocycles. The molecular formula is C27H48N-. The summed E-state index contributed by atoms with van der Waals surface area (Å²) in [4.78, 5) is 2.81. The summed E-state index contributed by atoms with van der Waals surface area (Å²) < 4.78 is 0. The van der Waals surface area contributed by atoms with Crippen molar-refractivity contribution in [1.82, 2.24) is 4.90 Å². The number of nitrogens with zero attached hydrogens (tertiary/aromatic N) is 1. The number of rotatable bonds is 14. The third kappa shape index (κ3) is 7.60. The minimum Gasteiger partial charge on any atom is -0.480 e. The van der Waals surface area contributed by atoms with Gasteiger partial charge in [0.1, 0.15) is 0 Å². The normalized spacial score (nSPS) is 25.2. The number of allylic oxidation sites excluding steroid dienone is 1. The van der Waals surface area contributed by atoms with Crippen molar-refractivity contribution in [2.24, 2.45) is 5.92 Å². The van der Waals surface area contributed by atoms with Gasteiger partial charge in [-0.2, -0.15) is 12.6 Å². The predicted molar refractivity (Wildman–Crippen MR) is 124 cm³/mol. The second kappa shape index (κ2) is 14.3. The lowest BCUT2D eigenvalue weighted by molar-refractivity contribution is 0.119. The van der Waals surface area contributed by atoms with Crippen LogP contribution < -0.4 is 0 Å². The molecule has 2 rings (SSSR count). The number of fused-ring (bicyclic) bond motifs is 1. The van der Waals surface area contributed by atoms with Crippen LogP contribution in [0.2, 0.25) is 0 Å². The van der Waals surface area contributed by atoms with E-state index in [1.807, 2.05) is 0 Å². The van der Waals surface area contributed by atoms with Gasteiger partial charge in [0.15, 0.2) is 0 Å². The molecule has 1 nitrogen and oxygen atoms in total. The van der Waals surface area contributed by atoms with E-state index in [1.165, 1.54) is 103 Å². The molecule has 0 N–H and O–H groups in total. The van der Waals surface area contributed by atoms with Gasteiger partial charge in [-0.25, -0.2) is 0 Å².